The highest BCUT2D eigenvalue weighted by molar-refractivity contribution is 7.97. The van der Waals surface area contributed by atoms with Gasteiger partial charge in [0.25, 0.3) is 0 Å². The quantitative estimate of drug-likeness (QED) is 0.0745. The molecule has 0 saturated heterocycles. The van der Waals surface area contributed by atoms with Crippen LogP contribution in [0.15, 0.2) is 182 Å². The van der Waals surface area contributed by atoms with Gasteiger partial charge in [0.05, 0.1) is 6.54 Å². The van der Waals surface area contributed by atoms with Crippen molar-refractivity contribution in [2.24, 2.45) is 0 Å². The van der Waals surface area contributed by atoms with Crippen LogP contribution in [0.2, 0.25) is 0 Å². The molecule has 0 aromatic heterocycles. The van der Waals surface area contributed by atoms with Crippen LogP contribution in [0, 0.1) is 0 Å². The number of carbonyl (C=O) groups is 4. The summed E-state index contributed by atoms with van der Waals surface area (Å²) >= 11 is 0. The predicted octanol–water partition coefficient (Wildman–Crippen LogP) is 6.12. The van der Waals surface area contributed by atoms with E-state index < -0.39 is 43.2 Å². The van der Waals surface area contributed by atoms with Gasteiger partial charge in [0.15, 0.2) is 5.78 Å². The van der Waals surface area contributed by atoms with Gasteiger partial charge in [-0.05, 0) is 39.5 Å². The van der Waals surface area contributed by atoms with Crippen LogP contribution in [-0.4, -0.2) is 41.6 Å². The molecule has 0 aliphatic heterocycles. The molecule has 2 amide bonds. The number of ether oxygens (including phenoxy) is 2. The number of nitrogens with one attached hydrogen (secondary N) is 2. The molecular weight excluding hydrogens is 707 g/mol. The summed E-state index contributed by atoms with van der Waals surface area (Å²) in [6.07, 6.45) is -0.656. The number of rotatable bonds is 15. The fraction of sp³-hybridized carbons (Fsp3) is 0.109. The van der Waals surface area contributed by atoms with Crippen LogP contribution in [-0.2, 0) is 43.5 Å². The molecule has 1 atom stereocenters. The molecule has 0 aliphatic rings. The fourth-order valence-electron chi connectivity index (χ4n) is 6.36. The maximum absolute atomic E-state index is 14.9. The van der Waals surface area contributed by atoms with E-state index >= 15 is 0 Å². The van der Waals surface area contributed by atoms with Crippen molar-refractivity contribution in [3.05, 3.63) is 199 Å². The largest absolute Gasteiger partial charge is 0.457 e. The Morgan fingerprint density at radius 2 is 0.873 bits per heavy atom. The van der Waals surface area contributed by atoms with E-state index in [-0.39, 0.29) is 24.9 Å². The summed E-state index contributed by atoms with van der Waals surface area (Å²) in [5, 5.41) is 7.66. The van der Waals surface area contributed by atoms with Gasteiger partial charge in [-0.3, -0.25) is 9.59 Å². The molecule has 0 saturated carbocycles. The van der Waals surface area contributed by atoms with Crippen molar-refractivity contribution in [3.63, 3.8) is 0 Å². The van der Waals surface area contributed by atoms with E-state index in [0.717, 1.165) is 32.6 Å². The first kappa shape index (κ1) is 38.2. The average molecular weight is 749 g/mol. The lowest BCUT2D eigenvalue weighted by Gasteiger charge is -2.31. The Hall–Kier alpha value is -6.50. The SMILES string of the molecule is O=C(N[C@@H](Cc1ccccc1)C(=O)NCC(=O)C(C(=O)OCc1ccccc1)=P(c1ccccc1)(c1ccccc1)c1ccccc1)OCc1ccccc1. The number of ketones is 1. The first-order chi connectivity index (χ1) is 26.9. The third-order valence-electron chi connectivity index (χ3n) is 8.96. The zero-order valence-electron chi connectivity index (χ0n) is 30.1. The lowest BCUT2D eigenvalue weighted by atomic mass is 10.1. The summed E-state index contributed by atoms with van der Waals surface area (Å²) in [6.45, 7) is -3.83. The van der Waals surface area contributed by atoms with Crippen molar-refractivity contribution in [3.8, 4) is 0 Å². The minimum absolute atomic E-state index is 0.0124. The van der Waals surface area contributed by atoms with Gasteiger partial charge in [0, 0.05) is 6.42 Å². The normalized spacial score (nSPS) is 11.4. The van der Waals surface area contributed by atoms with Gasteiger partial charge in [0.2, 0.25) is 5.91 Å². The summed E-state index contributed by atoms with van der Waals surface area (Å²) in [4.78, 5) is 56.5. The standard InChI is InChI=1S/C46H41N2O6P/c49-42(32-47-44(50)41(31-35-19-7-1-8-20-35)48-46(52)54-34-37-23-11-3-12-24-37)43(45(51)53-33-36-21-9-2-10-22-36)55(38-25-13-4-14-26-38,39-27-15-5-16-28-39)40-29-17-6-18-30-40/h1-30,41H,31-34H2,(H,47,50)(H,48,52)/t41-/m0/s1. The maximum atomic E-state index is 14.9. The highest BCUT2D eigenvalue weighted by Crippen LogP contribution is 2.46. The lowest BCUT2D eigenvalue weighted by Crippen LogP contribution is -2.50. The van der Waals surface area contributed by atoms with Crippen molar-refractivity contribution >= 4 is 51.8 Å². The van der Waals surface area contributed by atoms with Gasteiger partial charge in [-0.2, -0.15) is 0 Å². The second kappa shape index (κ2) is 19.0. The number of hydrogen-bond donors (Lipinski definition) is 2. The number of carbonyl (C=O) groups excluding carboxylic acids is 4. The van der Waals surface area contributed by atoms with E-state index in [1.165, 1.54) is 0 Å². The van der Waals surface area contributed by atoms with Gasteiger partial charge in [-0.15, -0.1) is 0 Å². The number of benzene rings is 6. The molecule has 0 heterocycles. The molecule has 6 aromatic rings. The van der Waals surface area contributed by atoms with Gasteiger partial charge in [-0.25, -0.2) is 9.59 Å². The summed E-state index contributed by atoms with van der Waals surface area (Å²) in [6, 6.07) is 55.0. The molecule has 0 spiro atoms. The molecule has 0 radical (unpaired) electrons. The van der Waals surface area contributed by atoms with E-state index in [2.05, 4.69) is 10.6 Å². The van der Waals surface area contributed by atoms with Crippen molar-refractivity contribution in [1.29, 1.82) is 0 Å². The molecule has 6 rings (SSSR count). The third kappa shape index (κ3) is 9.74. The summed E-state index contributed by atoms with van der Waals surface area (Å²) < 4.78 is 11.4. The van der Waals surface area contributed by atoms with Crippen LogP contribution < -0.4 is 26.5 Å². The number of alkyl carbamates (subject to hydrolysis) is 1. The summed E-state index contributed by atoms with van der Waals surface area (Å²) in [5.74, 6) is -2.01. The number of hydrogen-bond acceptors (Lipinski definition) is 6. The summed E-state index contributed by atoms with van der Waals surface area (Å²) in [5.41, 5.74) is 2.33. The second-order valence-electron chi connectivity index (χ2n) is 12.7. The van der Waals surface area contributed by atoms with E-state index in [9.17, 15) is 19.2 Å². The Kier molecular flexibility index (Phi) is 13.2. The van der Waals surface area contributed by atoms with Crippen molar-refractivity contribution in [2.75, 3.05) is 6.54 Å². The first-order valence-electron chi connectivity index (χ1n) is 17.9. The Bertz CT molecular complexity index is 2130. The van der Waals surface area contributed by atoms with Gasteiger partial charge < -0.3 is 20.1 Å². The zero-order valence-corrected chi connectivity index (χ0v) is 31.0. The van der Waals surface area contributed by atoms with E-state index in [4.69, 9.17) is 9.47 Å². The highest BCUT2D eigenvalue weighted by atomic mass is 31.2. The second-order valence-corrected chi connectivity index (χ2v) is 16.0. The molecular formula is C46H41N2O6P. The first-order valence-corrected chi connectivity index (χ1v) is 19.7. The van der Waals surface area contributed by atoms with Crippen molar-refractivity contribution in [2.45, 2.75) is 25.7 Å². The Morgan fingerprint density at radius 3 is 1.31 bits per heavy atom. The molecule has 2 N–H and O–H groups in total. The number of amides is 2. The third-order valence-corrected chi connectivity index (χ3v) is 13.3. The fourth-order valence-corrected chi connectivity index (χ4v) is 10.7. The topological polar surface area (TPSA) is 111 Å². The Labute approximate surface area is 321 Å². The molecule has 55 heavy (non-hydrogen) atoms. The van der Waals surface area contributed by atoms with Gasteiger partial charge >= 0.3 is 12.1 Å². The Morgan fingerprint density at radius 1 is 0.491 bits per heavy atom. The van der Waals surface area contributed by atoms with Crippen molar-refractivity contribution in [1.82, 2.24) is 10.6 Å². The molecule has 9 heteroatoms. The number of Topliss-reactive ketones (excluding diaryl/α,β-unsaturated/α-hetero) is 1. The van der Waals surface area contributed by atoms with Crippen molar-refractivity contribution < 1.29 is 28.7 Å². The van der Waals surface area contributed by atoms with Gasteiger partial charge in [-0.1, -0.05) is 182 Å². The minimum Gasteiger partial charge on any atom is -0.457 e. The zero-order chi connectivity index (χ0) is 38.3. The van der Waals surface area contributed by atoms with Gasteiger partial charge in [0.1, 0.15) is 24.5 Å². The Balaban J connectivity index is 1.39. The van der Waals surface area contributed by atoms with E-state index in [1.54, 1.807) is 0 Å². The summed E-state index contributed by atoms with van der Waals surface area (Å²) in [7, 11) is 0. The molecule has 0 aliphatic carbocycles. The van der Waals surface area contributed by atoms with Crippen LogP contribution in [0.5, 0.6) is 0 Å². The molecule has 8 nitrogen and oxygen atoms in total. The molecule has 0 unspecified atom stereocenters. The van der Waals surface area contributed by atoms with Crippen LogP contribution >= 0.6 is 6.89 Å². The van der Waals surface area contributed by atoms with Crippen LogP contribution in [0.3, 0.4) is 0 Å². The smallest absolute Gasteiger partial charge is 0.408 e. The van der Waals surface area contributed by atoms with E-state index in [1.807, 2.05) is 182 Å². The molecule has 6 aromatic carbocycles. The maximum Gasteiger partial charge on any atom is 0.408 e. The monoisotopic (exact) mass is 748 g/mol. The molecule has 0 fully saturated rings. The van der Waals surface area contributed by atoms with Crippen LogP contribution in [0.25, 0.3) is 0 Å². The molecule has 276 valence electrons. The van der Waals surface area contributed by atoms with E-state index in [0.29, 0.717) is 0 Å². The molecule has 0 bridgehead atoms. The minimum atomic E-state index is -3.24. The lowest BCUT2D eigenvalue weighted by molar-refractivity contribution is -0.137. The number of esters is 1. The predicted molar refractivity (Wildman–Crippen MR) is 218 cm³/mol. The highest BCUT2D eigenvalue weighted by Gasteiger charge is 2.38. The average Bonchev–Trinajstić information content (AvgIpc) is 3.25. The van der Waals surface area contributed by atoms with Crippen LogP contribution in [0.1, 0.15) is 16.7 Å². The van der Waals surface area contributed by atoms with Crippen LogP contribution in [0.4, 0.5) is 4.79 Å².